The van der Waals surface area contributed by atoms with Crippen molar-refractivity contribution in [2.45, 2.75) is 70.6 Å². The van der Waals surface area contributed by atoms with E-state index < -0.39 is 18.4 Å². The maximum absolute atomic E-state index is 12.9. The zero-order valence-electron chi connectivity index (χ0n) is 22.6. The molecule has 0 radical (unpaired) electrons. The number of imidazole rings is 1. The van der Waals surface area contributed by atoms with Crippen LogP contribution < -0.4 is 5.32 Å². The number of hydrogen-bond acceptors (Lipinski definition) is 7. The number of carbonyl (C=O) groups is 1. The number of rotatable bonds is 12. The molecule has 206 valence electrons. The van der Waals surface area contributed by atoms with Crippen LogP contribution in [0.5, 0.6) is 0 Å². The first-order valence-electron chi connectivity index (χ1n) is 13.4. The molecule has 9 heteroatoms. The second kappa shape index (κ2) is 13.3. The number of alkyl halides is 1. The molecule has 1 aliphatic heterocycles. The number of nitrogens with zero attached hydrogens (tertiary/aromatic N) is 2. The van der Waals surface area contributed by atoms with Gasteiger partial charge in [0, 0.05) is 29.4 Å². The number of anilines is 1. The topological polar surface area (TPSA) is 83.3 Å². The summed E-state index contributed by atoms with van der Waals surface area (Å²) in [5.41, 5.74) is 5.53. The van der Waals surface area contributed by atoms with E-state index in [1.807, 2.05) is 70.3 Å². The minimum absolute atomic E-state index is 0.0750. The van der Waals surface area contributed by atoms with E-state index in [1.54, 1.807) is 0 Å². The Morgan fingerprint density at radius 1 is 1.13 bits per heavy atom. The summed E-state index contributed by atoms with van der Waals surface area (Å²) in [5, 5.41) is 3.70. The first-order chi connectivity index (χ1) is 18.4. The van der Waals surface area contributed by atoms with Gasteiger partial charge in [-0.15, -0.1) is 11.6 Å². The zero-order chi connectivity index (χ0) is 27.1. The smallest absolute Gasteiger partial charge is 0.434 e. The fourth-order valence-corrected chi connectivity index (χ4v) is 4.92. The lowest BCUT2D eigenvalue weighted by Crippen LogP contribution is -2.41. The molecule has 2 aromatic heterocycles. The molecule has 4 atom stereocenters. The summed E-state index contributed by atoms with van der Waals surface area (Å²) in [6.07, 6.45) is 2.35. The molecule has 0 saturated heterocycles. The second-order valence-corrected chi connectivity index (χ2v) is 10.1. The number of fused-ring (bicyclic) bond motifs is 3. The van der Waals surface area contributed by atoms with Crippen molar-refractivity contribution in [3.05, 3.63) is 65.1 Å². The highest BCUT2D eigenvalue weighted by Gasteiger charge is 2.42. The van der Waals surface area contributed by atoms with Crippen molar-refractivity contribution in [2.75, 3.05) is 31.7 Å². The summed E-state index contributed by atoms with van der Waals surface area (Å²) in [4.78, 5) is 17.7. The molecule has 8 nitrogen and oxygen atoms in total. The van der Waals surface area contributed by atoms with Gasteiger partial charge in [-0.1, -0.05) is 37.3 Å². The quantitative estimate of drug-likeness (QED) is 0.158. The van der Waals surface area contributed by atoms with Crippen LogP contribution in [0.15, 0.2) is 42.6 Å². The lowest BCUT2D eigenvalue weighted by molar-refractivity contribution is -0.0854. The van der Waals surface area contributed by atoms with Gasteiger partial charge in [0.1, 0.15) is 6.10 Å². The normalized spacial score (nSPS) is 19.6. The van der Waals surface area contributed by atoms with Crippen molar-refractivity contribution >= 4 is 29.1 Å². The minimum Gasteiger partial charge on any atom is -0.434 e. The lowest BCUT2D eigenvalue weighted by Gasteiger charge is -2.39. The number of aromatic nitrogens is 2. The maximum atomic E-state index is 12.9. The summed E-state index contributed by atoms with van der Waals surface area (Å²) in [6, 6.07) is 11.5. The molecule has 0 amide bonds. The van der Waals surface area contributed by atoms with Gasteiger partial charge in [-0.3, -0.25) is 0 Å². The van der Waals surface area contributed by atoms with Crippen LogP contribution in [-0.2, 0) is 18.9 Å². The van der Waals surface area contributed by atoms with Crippen molar-refractivity contribution in [3.8, 4) is 0 Å². The van der Waals surface area contributed by atoms with Gasteiger partial charge in [0.15, 0.2) is 11.8 Å². The Bertz CT molecular complexity index is 1200. The van der Waals surface area contributed by atoms with Gasteiger partial charge in [-0.05, 0) is 51.7 Å². The maximum Gasteiger partial charge on any atom is 0.508 e. The lowest BCUT2D eigenvalue weighted by atomic mass is 9.88. The highest BCUT2D eigenvalue weighted by molar-refractivity contribution is 6.20. The summed E-state index contributed by atoms with van der Waals surface area (Å²) in [7, 11) is 0. The van der Waals surface area contributed by atoms with Crippen molar-refractivity contribution in [1.82, 2.24) is 9.38 Å². The van der Waals surface area contributed by atoms with E-state index in [4.69, 9.17) is 35.5 Å². The van der Waals surface area contributed by atoms with E-state index in [0.29, 0.717) is 26.2 Å². The molecule has 1 aromatic carbocycles. The Balaban J connectivity index is 1.66. The molecule has 0 bridgehead atoms. The predicted molar refractivity (Wildman–Crippen MR) is 148 cm³/mol. The van der Waals surface area contributed by atoms with Crippen LogP contribution >= 0.6 is 11.6 Å². The molecule has 0 spiro atoms. The third-order valence-electron chi connectivity index (χ3n) is 6.98. The van der Waals surface area contributed by atoms with E-state index in [9.17, 15) is 4.79 Å². The van der Waals surface area contributed by atoms with Gasteiger partial charge >= 0.3 is 6.16 Å². The molecule has 1 aliphatic rings. The number of carbonyl (C=O) groups excluding carboxylic acids is 1. The first-order valence-corrected chi connectivity index (χ1v) is 13.8. The monoisotopic (exact) mass is 543 g/mol. The molecule has 1 unspecified atom stereocenters. The second-order valence-electron chi connectivity index (χ2n) is 9.47. The Morgan fingerprint density at radius 2 is 1.92 bits per heavy atom. The Hall–Kier alpha value is -2.81. The number of ether oxygens (including phenoxy) is 4. The van der Waals surface area contributed by atoms with Gasteiger partial charge in [0.05, 0.1) is 37.2 Å². The molecular formula is C29H38ClN3O5. The molecular weight excluding hydrogens is 506 g/mol. The number of hydrogen-bond donors (Lipinski definition) is 1. The van der Waals surface area contributed by atoms with Crippen LogP contribution in [0.2, 0.25) is 0 Å². The van der Waals surface area contributed by atoms with Crippen LogP contribution in [-0.4, -0.2) is 53.4 Å². The molecule has 0 aliphatic carbocycles. The van der Waals surface area contributed by atoms with E-state index in [0.717, 1.165) is 46.7 Å². The highest BCUT2D eigenvalue weighted by atomic mass is 35.5. The molecule has 0 saturated carbocycles. The molecule has 1 N–H and O–H groups in total. The highest BCUT2D eigenvalue weighted by Crippen LogP contribution is 2.44. The predicted octanol–water partition coefficient (Wildman–Crippen LogP) is 6.53. The van der Waals surface area contributed by atoms with Crippen molar-refractivity contribution < 1.29 is 23.7 Å². The van der Waals surface area contributed by atoms with Crippen molar-refractivity contribution in [2.24, 2.45) is 0 Å². The van der Waals surface area contributed by atoms with E-state index in [2.05, 4.69) is 9.72 Å². The largest absolute Gasteiger partial charge is 0.508 e. The standard InChI is InChI=1S/C29H38ClN3O5/c1-5-22(30)13-10-16-37-29(34)38-27-24(21-11-8-7-9-12-21)32-25-23(26(27)36-18-17-35-6-2)14-15-33-20(4)19(3)31-28(25)33/h7-9,11-12,14-15,22,24,26-27,32H,5-6,10,13,16-18H2,1-4H3/t22?,24-,26-,27-/m1/s1. The molecule has 38 heavy (non-hydrogen) atoms. The van der Waals surface area contributed by atoms with Crippen LogP contribution in [0.25, 0.3) is 5.65 Å². The van der Waals surface area contributed by atoms with Gasteiger partial charge in [0.2, 0.25) is 0 Å². The number of nitrogens with one attached hydrogen (secondary N) is 1. The van der Waals surface area contributed by atoms with E-state index in [-0.39, 0.29) is 18.0 Å². The minimum atomic E-state index is -0.726. The number of pyridine rings is 1. The molecule has 4 rings (SSSR count). The molecule has 3 aromatic rings. The third kappa shape index (κ3) is 6.42. The Morgan fingerprint density at radius 3 is 2.66 bits per heavy atom. The van der Waals surface area contributed by atoms with Crippen LogP contribution in [0, 0.1) is 13.8 Å². The molecule has 0 fully saturated rings. The number of benzene rings is 1. The van der Waals surface area contributed by atoms with Crippen LogP contribution in [0.1, 0.15) is 67.8 Å². The van der Waals surface area contributed by atoms with Gasteiger partial charge < -0.3 is 28.7 Å². The van der Waals surface area contributed by atoms with E-state index in [1.165, 1.54) is 0 Å². The average Bonchev–Trinajstić information content (AvgIpc) is 3.23. The van der Waals surface area contributed by atoms with Crippen LogP contribution in [0.3, 0.4) is 0 Å². The van der Waals surface area contributed by atoms with Gasteiger partial charge in [-0.25, -0.2) is 9.78 Å². The summed E-state index contributed by atoms with van der Waals surface area (Å²) >= 11 is 6.20. The third-order valence-corrected chi connectivity index (χ3v) is 7.51. The van der Waals surface area contributed by atoms with E-state index >= 15 is 0 Å². The summed E-state index contributed by atoms with van der Waals surface area (Å²) in [5.74, 6) is 0. The average molecular weight is 544 g/mol. The molecule has 3 heterocycles. The summed E-state index contributed by atoms with van der Waals surface area (Å²) < 4.78 is 25.4. The van der Waals surface area contributed by atoms with Crippen molar-refractivity contribution in [1.29, 1.82) is 0 Å². The number of aryl methyl sites for hydroxylation is 2. The Kier molecular flexibility index (Phi) is 9.88. The fourth-order valence-electron chi connectivity index (χ4n) is 4.76. The fraction of sp³-hybridized carbons (Fsp3) is 0.517. The Labute approximate surface area is 229 Å². The SMILES string of the molecule is CCOCCO[C@@H]1c2ccn3c(C)c(C)nc3c2N[C@H](c2ccccc2)[C@H]1OC(=O)OCCCC(Cl)CC. The zero-order valence-corrected chi connectivity index (χ0v) is 23.4. The van der Waals surface area contributed by atoms with Crippen LogP contribution in [0.4, 0.5) is 10.5 Å². The first kappa shape index (κ1) is 28.2. The van der Waals surface area contributed by atoms with Crippen molar-refractivity contribution in [3.63, 3.8) is 0 Å². The summed E-state index contributed by atoms with van der Waals surface area (Å²) in [6.45, 7) is 9.65. The van der Waals surface area contributed by atoms with Gasteiger partial charge in [0.25, 0.3) is 0 Å². The van der Waals surface area contributed by atoms with Gasteiger partial charge in [-0.2, -0.15) is 0 Å². The number of halogens is 1.